The third-order valence-electron chi connectivity index (χ3n) is 4.46. The van der Waals surface area contributed by atoms with E-state index in [9.17, 15) is 14.4 Å². The molecule has 1 aliphatic rings. The lowest BCUT2D eigenvalue weighted by Crippen LogP contribution is -2.39. The van der Waals surface area contributed by atoms with Crippen molar-refractivity contribution in [2.75, 3.05) is 32.5 Å². The fraction of sp³-hybridized carbons (Fsp3) is 0.353. The topological polar surface area (TPSA) is 92.0 Å². The van der Waals surface area contributed by atoms with Crippen LogP contribution < -0.4 is 10.6 Å². The molecule has 0 saturated heterocycles. The quantitative estimate of drug-likeness (QED) is 0.659. The summed E-state index contributed by atoms with van der Waals surface area (Å²) in [6, 6.07) is 3.51. The molecule has 0 aliphatic carbocycles. The molecule has 0 N–H and O–H groups in total. The summed E-state index contributed by atoms with van der Waals surface area (Å²) in [6.45, 7) is -0.0485. The van der Waals surface area contributed by atoms with E-state index in [1.807, 2.05) is 0 Å². The van der Waals surface area contributed by atoms with Gasteiger partial charge in [-0.3, -0.25) is 9.13 Å². The third-order valence-corrected chi connectivity index (χ3v) is 5.10. The van der Waals surface area contributed by atoms with Gasteiger partial charge in [-0.1, -0.05) is 0 Å². The van der Waals surface area contributed by atoms with Crippen LogP contribution in [0.5, 0.6) is 0 Å². The molecule has 1 aromatic heterocycles. The highest BCUT2D eigenvalue weighted by molar-refractivity contribution is 9.10. The Labute approximate surface area is 162 Å². The zero-order chi connectivity index (χ0) is 19.9. The number of fused-ring (bicyclic) bond motifs is 1. The van der Waals surface area contributed by atoms with Crippen molar-refractivity contribution in [2.24, 2.45) is 14.1 Å². The summed E-state index contributed by atoms with van der Waals surface area (Å²) < 4.78 is 18.8. The number of anilines is 1. The molecule has 0 atom stereocenters. The molecule has 0 fully saturated rings. The van der Waals surface area contributed by atoms with E-state index in [4.69, 9.17) is 14.2 Å². The molecular formula is C17H18BrN3O6. The van der Waals surface area contributed by atoms with E-state index in [1.54, 1.807) is 26.2 Å². The Morgan fingerprint density at radius 2 is 1.67 bits per heavy atom. The average Bonchev–Trinajstić information content (AvgIpc) is 2.89. The Bertz CT molecular complexity index is 1040. The van der Waals surface area contributed by atoms with Crippen molar-refractivity contribution in [2.45, 2.75) is 0 Å². The number of nitrogens with zero attached hydrogens (tertiary/aromatic N) is 3. The maximum Gasteiger partial charge on any atom is 0.355 e. The van der Waals surface area contributed by atoms with E-state index in [0.717, 1.165) is 0 Å². The number of rotatable bonds is 3. The molecule has 2 aromatic rings. The van der Waals surface area contributed by atoms with E-state index < -0.39 is 11.9 Å². The summed E-state index contributed by atoms with van der Waals surface area (Å²) in [5, 5.41) is 0. The fourth-order valence-corrected chi connectivity index (χ4v) is 3.59. The van der Waals surface area contributed by atoms with Crippen LogP contribution in [0, 0.1) is 0 Å². The van der Waals surface area contributed by atoms with Crippen molar-refractivity contribution in [1.29, 1.82) is 0 Å². The van der Waals surface area contributed by atoms with E-state index in [1.165, 1.54) is 28.3 Å². The van der Waals surface area contributed by atoms with Crippen LogP contribution in [0.25, 0.3) is 11.0 Å². The molecule has 10 heteroatoms. The van der Waals surface area contributed by atoms with Crippen molar-refractivity contribution >= 4 is 44.6 Å². The second-order valence-corrected chi connectivity index (χ2v) is 6.76. The molecule has 27 heavy (non-hydrogen) atoms. The first-order valence-corrected chi connectivity index (χ1v) is 8.71. The van der Waals surface area contributed by atoms with Crippen LogP contribution in [0.3, 0.4) is 0 Å². The number of ether oxygens (including phenoxy) is 3. The van der Waals surface area contributed by atoms with Crippen molar-refractivity contribution in [3.8, 4) is 0 Å². The number of hydrogen-bond acceptors (Lipinski definition) is 7. The molecule has 0 unspecified atom stereocenters. The molecule has 2 heterocycles. The maximum absolute atomic E-state index is 12.4. The minimum Gasteiger partial charge on any atom is -0.466 e. The van der Waals surface area contributed by atoms with Crippen molar-refractivity contribution in [1.82, 2.24) is 9.13 Å². The number of aryl methyl sites for hydroxylation is 2. The van der Waals surface area contributed by atoms with E-state index in [0.29, 0.717) is 21.2 Å². The van der Waals surface area contributed by atoms with Gasteiger partial charge in [0.1, 0.15) is 12.4 Å². The molecule has 0 spiro atoms. The minimum atomic E-state index is -0.687. The van der Waals surface area contributed by atoms with E-state index in [2.05, 4.69) is 15.9 Å². The second-order valence-electron chi connectivity index (χ2n) is 5.91. The third kappa shape index (κ3) is 3.04. The van der Waals surface area contributed by atoms with Crippen LogP contribution in [0.15, 0.2) is 32.7 Å². The molecule has 0 amide bonds. The molecule has 1 aromatic carbocycles. The van der Waals surface area contributed by atoms with Gasteiger partial charge in [0, 0.05) is 18.6 Å². The van der Waals surface area contributed by atoms with E-state index in [-0.39, 0.29) is 30.3 Å². The maximum atomic E-state index is 12.4. The molecular weight excluding hydrogens is 422 g/mol. The Hall–Kier alpha value is -2.59. The van der Waals surface area contributed by atoms with Crippen molar-refractivity contribution in [3.05, 3.63) is 38.4 Å². The zero-order valence-electron chi connectivity index (χ0n) is 15.2. The lowest BCUT2D eigenvalue weighted by molar-refractivity contribution is -0.140. The van der Waals surface area contributed by atoms with Gasteiger partial charge < -0.3 is 19.1 Å². The largest absolute Gasteiger partial charge is 0.466 e. The first kappa shape index (κ1) is 19.2. The van der Waals surface area contributed by atoms with Gasteiger partial charge in [0.25, 0.3) is 0 Å². The predicted octanol–water partition coefficient (Wildman–Crippen LogP) is 1.03. The number of carbonyl (C=O) groups excluding carboxylic acids is 2. The summed E-state index contributed by atoms with van der Waals surface area (Å²) in [6.07, 6.45) is 0. The van der Waals surface area contributed by atoms with Gasteiger partial charge in [-0.2, -0.15) is 0 Å². The number of carbonyl (C=O) groups is 2. The van der Waals surface area contributed by atoms with Crippen molar-refractivity contribution < 1.29 is 23.8 Å². The number of aromatic nitrogens is 2. The summed E-state index contributed by atoms with van der Waals surface area (Å²) in [5.74, 6) is -1.36. The monoisotopic (exact) mass is 439 g/mol. The fourth-order valence-electron chi connectivity index (χ4n) is 3.05. The molecule has 144 valence electrons. The highest BCUT2D eigenvalue weighted by atomic mass is 79.9. The smallest absolute Gasteiger partial charge is 0.355 e. The predicted molar refractivity (Wildman–Crippen MR) is 100 cm³/mol. The Kier molecular flexibility index (Phi) is 5.11. The normalized spacial score (nSPS) is 14.6. The van der Waals surface area contributed by atoms with Crippen LogP contribution in [0.4, 0.5) is 5.69 Å². The highest BCUT2D eigenvalue weighted by Crippen LogP contribution is 2.35. The van der Waals surface area contributed by atoms with Crippen LogP contribution in [0.1, 0.15) is 0 Å². The first-order chi connectivity index (χ1) is 12.8. The Balaban J connectivity index is 2.26. The molecule has 3 rings (SSSR count). The van der Waals surface area contributed by atoms with Crippen molar-refractivity contribution in [3.63, 3.8) is 0 Å². The van der Waals surface area contributed by atoms with Gasteiger partial charge in [-0.25, -0.2) is 14.4 Å². The zero-order valence-corrected chi connectivity index (χ0v) is 16.8. The van der Waals surface area contributed by atoms with Crippen LogP contribution >= 0.6 is 15.9 Å². The second kappa shape index (κ2) is 7.20. The molecule has 0 saturated carbocycles. The van der Waals surface area contributed by atoms with Gasteiger partial charge >= 0.3 is 17.6 Å². The van der Waals surface area contributed by atoms with Gasteiger partial charge in [0.2, 0.25) is 0 Å². The average molecular weight is 440 g/mol. The summed E-state index contributed by atoms with van der Waals surface area (Å²) in [4.78, 5) is 38.3. The Morgan fingerprint density at radius 1 is 1.07 bits per heavy atom. The van der Waals surface area contributed by atoms with Gasteiger partial charge in [-0.15, -0.1) is 0 Å². The molecule has 0 radical (unpaired) electrons. The van der Waals surface area contributed by atoms with Gasteiger partial charge in [0.15, 0.2) is 0 Å². The van der Waals surface area contributed by atoms with Crippen LogP contribution in [-0.4, -0.2) is 48.6 Å². The number of esters is 2. The first-order valence-electron chi connectivity index (χ1n) is 7.91. The number of hydrogen-bond donors (Lipinski definition) is 0. The highest BCUT2D eigenvalue weighted by Gasteiger charge is 2.33. The minimum absolute atomic E-state index is 0.0236. The number of methoxy groups -OCH3 is 2. The molecule has 0 bridgehead atoms. The van der Waals surface area contributed by atoms with Gasteiger partial charge in [-0.05, 0) is 28.1 Å². The van der Waals surface area contributed by atoms with Crippen LogP contribution in [0.2, 0.25) is 0 Å². The van der Waals surface area contributed by atoms with Gasteiger partial charge in [0.05, 0.1) is 43.1 Å². The lowest BCUT2D eigenvalue weighted by atomic mass is 10.1. The lowest BCUT2D eigenvalue weighted by Gasteiger charge is -2.32. The number of benzene rings is 1. The van der Waals surface area contributed by atoms with Crippen LogP contribution in [-0.2, 0) is 37.9 Å². The number of halogens is 1. The van der Waals surface area contributed by atoms with E-state index >= 15 is 0 Å². The summed E-state index contributed by atoms with van der Waals surface area (Å²) in [7, 11) is 5.80. The molecule has 1 aliphatic heterocycles. The molecule has 9 nitrogen and oxygen atoms in total. The Morgan fingerprint density at radius 3 is 2.26 bits per heavy atom. The SMILES string of the molecule is COC(=O)C1=C(C(=O)OC)N(c2cc3c(cc2Br)n(C)c(=O)n3C)COC1. The number of imidazole rings is 1. The standard InChI is InChI=1S/C17H18BrN3O6/c1-19-12-5-10(18)11(6-13(12)20(2)17(19)24)21-8-27-7-9(15(22)25-3)14(21)16(23)26-4/h5-6H,7-8H2,1-4H3. The summed E-state index contributed by atoms with van der Waals surface area (Å²) >= 11 is 3.48. The summed E-state index contributed by atoms with van der Waals surface area (Å²) in [5.41, 5.74) is 1.84.